The van der Waals surface area contributed by atoms with Crippen LogP contribution in [0.3, 0.4) is 0 Å². The van der Waals surface area contributed by atoms with Crippen LogP contribution in [-0.2, 0) is 0 Å². The fourth-order valence-electron chi connectivity index (χ4n) is 1.92. The van der Waals surface area contributed by atoms with Crippen molar-refractivity contribution in [1.82, 2.24) is 0 Å². The Balaban J connectivity index is 4.60. The van der Waals surface area contributed by atoms with Gasteiger partial charge < -0.3 is 0 Å². The van der Waals surface area contributed by atoms with Crippen LogP contribution >= 0.6 is 0 Å². The first-order valence-corrected chi connectivity index (χ1v) is 6.99. The van der Waals surface area contributed by atoms with Gasteiger partial charge in [-0.2, -0.15) is 0 Å². The number of allylic oxidation sites excluding steroid dienone is 7. The zero-order valence-electron chi connectivity index (χ0n) is 13.1. The fourth-order valence-corrected chi connectivity index (χ4v) is 1.92. The Hall–Kier alpha value is -1.04. The first kappa shape index (κ1) is 17.0. The van der Waals surface area contributed by atoms with E-state index in [-0.39, 0.29) is 0 Å². The lowest BCUT2D eigenvalue weighted by molar-refractivity contribution is 0.786. The van der Waals surface area contributed by atoms with Crippen LogP contribution in [0.15, 0.2) is 47.6 Å². The monoisotopic (exact) mass is 246 g/mol. The van der Waals surface area contributed by atoms with Gasteiger partial charge in [-0.15, -0.1) is 6.58 Å². The van der Waals surface area contributed by atoms with E-state index in [0.29, 0.717) is 11.8 Å². The summed E-state index contributed by atoms with van der Waals surface area (Å²) in [5, 5.41) is 0. The van der Waals surface area contributed by atoms with Gasteiger partial charge in [0.2, 0.25) is 0 Å². The summed E-state index contributed by atoms with van der Waals surface area (Å²) in [6.07, 6.45) is 11.2. The van der Waals surface area contributed by atoms with Gasteiger partial charge in [0.25, 0.3) is 0 Å². The molecule has 0 aliphatic carbocycles. The van der Waals surface area contributed by atoms with Crippen LogP contribution in [0.25, 0.3) is 0 Å². The lowest BCUT2D eigenvalue weighted by Gasteiger charge is -2.13. The van der Waals surface area contributed by atoms with Crippen molar-refractivity contribution in [3.8, 4) is 0 Å². The van der Waals surface area contributed by atoms with Gasteiger partial charge in [-0.3, -0.25) is 0 Å². The highest BCUT2D eigenvalue weighted by Gasteiger charge is 2.05. The largest absolute Gasteiger partial charge is 0.103 e. The van der Waals surface area contributed by atoms with Crippen LogP contribution in [0.4, 0.5) is 0 Å². The minimum Gasteiger partial charge on any atom is -0.103 e. The van der Waals surface area contributed by atoms with Gasteiger partial charge in [0.1, 0.15) is 0 Å². The molecule has 18 heavy (non-hydrogen) atoms. The topological polar surface area (TPSA) is 0 Å². The fraction of sp³-hybridized carbons (Fsp3) is 0.556. The van der Waals surface area contributed by atoms with E-state index in [2.05, 4.69) is 66.3 Å². The van der Waals surface area contributed by atoms with Crippen molar-refractivity contribution in [2.75, 3.05) is 0 Å². The second-order valence-corrected chi connectivity index (χ2v) is 5.55. The minimum atomic E-state index is 0.530. The molecule has 0 heterocycles. The maximum absolute atomic E-state index is 3.75. The molecule has 2 unspecified atom stereocenters. The lowest BCUT2D eigenvalue weighted by atomic mass is 9.93. The molecule has 0 radical (unpaired) electrons. The first-order chi connectivity index (χ1) is 8.38. The van der Waals surface area contributed by atoms with Gasteiger partial charge in [0.05, 0.1) is 0 Å². The van der Waals surface area contributed by atoms with E-state index < -0.39 is 0 Å². The van der Waals surface area contributed by atoms with Crippen LogP contribution < -0.4 is 0 Å². The van der Waals surface area contributed by atoms with Crippen molar-refractivity contribution in [2.24, 2.45) is 11.8 Å². The van der Waals surface area contributed by atoms with Crippen molar-refractivity contribution in [1.29, 1.82) is 0 Å². The third kappa shape index (κ3) is 7.32. The van der Waals surface area contributed by atoms with Gasteiger partial charge in [-0.25, -0.2) is 0 Å². The number of hydrogen-bond acceptors (Lipinski definition) is 0. The molecule has 0 amide bonds. The Labute approximate surface area is 114 Å². The second-order valence-electron chi connectivity index (χ2n) is 5.55. The van der Waals surface area contributed by atoms with E-state index >= 15 is 0 Å². The summed E-state index contributed by atoms with van der Waals surface area (Å²) in [5.41, 5.74) is 4.31. The number of hydrogen-bond donors (Lipinski definition) is 0. The molecule has 0 saturated heterocycles. The summed E-state index contributed by atoms with van der Waals surface area (Å²) in [6, 6.07) is 0. The van der Waals surface area contributed by atoms with E-state index in [1.54, 1.807) is 0 Å². The Morgan fingerprint density at radius 1 is 0.889 bits per heavy atom. The molecule has 0 aromatic rings. The molecular formula is C18H30. The quantitative estimate of drug-likeness (QED) is 0.377. The van der Waals surface area contributed by atoms with Crippen molar-refractivity contribution >= 4 is 0 Å². The summed E-state index contributed by atoms with van der Waals surface area (Å²) in [6.45, 7) is 17.1. The standard InChI is InChI=1S/C18H30/c1-8-9-10-11-15(4)17(6)13-18(7)16(5)12-14(2)3/h8,11-13,16-17H,1,9-10H2,2-7H3/b15-11+,18-13?. The third-order valence-electron chi connectivity index (χ3n) is 3.37. The van der Waals surface area contributed by atoms with Crippen LogP contribution in [0.1, 0.15) is 54.4 Å². The van der Waals surface area contributed by atoms with Gasteiger partial charge in [-0.05, 0) is 52.4 Å². The van der Waals surface area contributed by atoms with E-state index in [4.69, 9.17) is 0 Å². The molecule has 0 fully saturated rings. The number of unbranched alkanes of at least 4 members (excludes halogenated alkanes) is 1. The van der Waals surface area contributed by atoms with E-state index in [1.807, 2.05) is 6.08 Å². The molecule has 0 rings (SSSR count). The normalized spacial score (nSPS) is 16.1. The molecule has 102 valence electrons. The summed E-state index contributed by atoms with van der Waals surface area (Å²) in [7, 11) is 0. The van der Waals surface area contributed by atoms with Crippen molar-refractivity contribution in [2.45, 2.75) is 54.4 Å². The maximum Gasteiger partial charge on any atom is -0.00516 e. The van der Waals surface area contributed by atoms with Crippen LogP contribution in [-0.4, -0.2) is 0 Å². The molecule has 0 aliphatic rings. The molecule has 0 nitrogen and oxygen atoms in total. The summed E-state index contributed by atoms with van der Waals surface area (Å²) < 4.78 is 0. The zero-order chi connectivity index (χ0) is 14.1. The Kier molecular flexibility index (Phi) is 8.45. The van der Waals surface area contributed by atoms with E-state index in [0.717, 1.165) is 12.8 Å². The third-order valence-corrected chi connectivity index (χ3v) is 3.37. The molecule has 0 N–H and O–H groups in total. The molecule has 0 heteroatoms. The van der Waals surface area contributed by atoms with Crippen LogP contribution in [0.2, 0.25) is 0 Å². The average molecular weight is 246 g/mol. The van der Waals surface area contributed by atoms with Gasteiger partial charge in [0, 0.05) is 0 Å². The van der Waals surface area contributed by atoms with Gasteiger partial charge >= 0.3 is 0 Å². The molecule has 0 bridgehead atoms. The predicted octanol–water partition coefficient (Wildman–Crippen LogP) is 6.08. The molecule has 0 aromatic carbocycles. The maximum atomic E-state index is 3.75. The zero-order valence-corrected chi connectivity index (χ0v) is 13.1. The Morgan fingerprint density at radius 3 is 1.94 bits per heavy atom. The number of rotatable bonds is 7. The van der Waals surface area contributed by atoms with E-state index in [9.17, 15) is 0 Å². The lowest BCUT2D eigenvalue weighted by Crippen LogP contribution is -1.98. The Bertz CT molecular complexity index is 335. The molecule has 0 spiro atoms. The Morgan fingerprint density at radius 2 is 1.44 bits per heavy atom. The first-order valence-electron chi connectivity index (χ1n) is 6.99. The summed E-state index contributed by atoms with van der Waals surface area (Å²) >= 11 is 0. The highest BCUT2D eigenvalue weighted by atomic mass is 14.1. The smallest absolute Gasteiger partial charge is 0.00516 e. The molecule has 2 atom stereocenters. The summed E-state index contributed by atoms with van der Waals surface area (Å²) in [4.78, 5) is 0. The average Bonchev–Trinajstić information content (AvgIpc) is 2.28. The van der Waals surface area contributed by atoms with Crippen molar-refractivity contribution in [3.63, 3.8) is 0 Å². The second kappa shape index (κ2) is 8.97. The predicted molar refractivity (Wildman–Crippen MR) is 84.7 cm³/mol. The van der Waals surface area contributed by atoms with Gasteiger partial charge in [-0.1, -0.05) is 54.9 Å². The van der Waals surface area contributed by atoms with Crippen molar-refractivity contribution < 1.29 is 0 Å². The SMILES string of the molecule is C=CCC/C=C(\C)C(C)C=C(C)C(C)C=C(C)C. The highest BCUT2D eigenvalue weighted by Crippen LogP contribution is 2.20. The summed E-state index contributed by atoms with van der Waals surface area (Å²) in [5.74, 6) is 1.07. The molecule has 0 saturated carbocycles. The van der Waals surface area contributed by atoms with Gasteiger partial charge in [0.15, 0.2) is 0 Å². The van der Waals surface area contributed by atoms with Crippen LogP contribution in [0.5, 0.6) is 0 Å². The minimum absolute atomic E-state index is 0.530. The molecule has 0 aromatic heterocycles. The molecule has 0 aliphatic heterocycles. The van der Waals surface area contributed by atoms with E-state index in [1.165, 1.54) is 16.7 Å². The van der Waals surface area contributed by atoms with Crippen LogP contribution in [0, 0.1) is 11.8 Å². The van der Waals surface area contributed by atoms with Crippen molar-refractivity contribution in [3.05, 3.63) is 47.6 Å². The highest BCUT2D eigenvalue weighted by molar-refractivity contribution is 5.18. The molecular weight excluding hydrogens is 216 g/mol.